The van der Waals surface area contributed by atoms with Crippen molar-refractivity contribution in [3.05, 3.63) is 96.1 Å². The van der Waals surface area contributed by atoms with Crippen LogP contribution in [0.3, 0.4) is 0 Å². The lowest BCUT2D eigenvalue weighted by atomic mass is 10.1. The average molecular weight is 451 g/mol. The maximum Gasteiger partial charge on any atom is 0.161 e. The van der Waals surface area contributed by atoms with Gasteiger partial charge in [-0.05, 0) is 36.2 Å². The highest BCUT2D eigenvalue weighted by Gasteiger charge is 2.14. The molecule has 0 aliphatic carbocycles. The Labute approximate surface area is 198 Å². The number of aromatic nitrogens is 3. The Morgan fingerprint density at radius 1 is 0.765 bits per heavy atom. The fraction of sp³-hybridized carbons (Fsp3) is 0.143. The number of hydrogen-bond acceptors (Lipinski definition) is 5. The van der Waals surface area contributed by atoms with Crippen LogP contribution in [0.25, 0.3) is 28.2 Å². The van der Waals surface area contributed by atoms with E-state index in [4.69, 9.17) is 19.6 Å². The molecule has 6 heteroatoms. The van der Waals surface area contributed by atoms with Gasteiger partial charge in [-0.1, -0.05) is 54.6 Å². The Bertz CT molecular complexity index is 1440. The quantitative estimate of drug-likeness (QED) is 0.329. The third-order valence-corrected chi connectivity index (χ3v) is 5.90. The van der Waals surface area contributed by atoms with Crippen molar-refractivity contribution in [2.75, 3.05) is 19.5 Å². The Morgan fingerprint density at radius 3 is 2.29 bits per heavy atom. The van der Waals surface area contributed by atoms with Crippen LogP contribution in [0.15, 0.2) is 84.9 Å². The highest BCUT2D eigenvalue weighted by Crippen LogP contribution is 2.33. The summed E-state index contributed by atoms with van der Waals surface area (Å²) in [4.78, 5) is 4.91. The summed E-state index contributed by atoms with van der Waals surface area (Å²) in [6.07, 6.45) is 0. The van der Waals surface area contributed by atoms with Crippen molar-refractivity contribution in [2.24, 2.45) is 0 Å². The number of ether oxygens (including phenoxy) is 2. The zero-order valence-electron chi connectivity index (χ0n) is 19.4. The summed E-state index contributed by atoms with van der Waals surface area (Å²) >= 11 is 0. The molecule has 0 spiro atoms. The third-order valence-electron chi connectivity index (χ3n) is 5.90. The highest BCUT2D eigenvalue weighted by atomic mass is 16.5. The van der Waals surface area contributed by atoms with Gasteiger partial charge in [-0.15, -0.1) is 0 Å². The van der Waals surface area contributed by atoms with Crippen molar-refractivity contribution >= 4 is 11.5 Å². The van der Waals surface area contributed by atoms with Crippen molar-refractivity contribution in [1.82, 2.24) is 14.6 Å². The summed E-state index contributed by atoms with van der Waals surface area (Å²) in [6.45, 7) is 2.81. The molecule has 170 valence electrons. The predicted octanol–water partition coefficient (Wildman–Crippen LogP) is 6.00. The molecular weight excluding hydrogens is 424 g/mol. The standard InChI is InChI=1S/C28H26N4O2/c1-19-9-7-8-12-22(19)18-29-27-16-23(20-10-5-4-6-11-20)30-28-17-24(31-32(27)28)21-13-14-25(33-2)26(15-21)34-3/h4-17,29H,18H2,1-3H3. The Balaban J connectivity index is 1.60. The molecule has 5 rings (SSSR count). The molecule has 0 aliphatic heterocycles. The van der Waals surface area contributed by atoms with E-state index >= 15 is 0 Å². The van der Waals surface area contributed by atoms with Gasteiger partial charge in [-0.3, -0.25) is 0 Å². The molecule has 5 aromatic rings. The average Bonchev–Trinajstić information content (AvgIpc) is 3.32. The first-order chi connectivity index (χ1) is 16.7. The molecule has 0 amide bonds. The minimum atomic E-state index is 0.660. The second-order valence-corrected chi connectivity index (χ2v) is 8.04. The van der Waals surface area contributed by atoms with Crippen LogP contribution < -0.4 is 14.8 Å². The van der Waals surface area contributed by atoms with Gasteiger partial charge in [0.05, 0.1) is 25.6 Å². The molecule has 6 nitrogen and oxygen atoms in total. The molecule has 0 aliphatic rings. The lowest BCUT2D eigenvalue weighted by Crippen LogP contribution is -2.07. The highest BCUT2D eigenvalue weighted by molar-refractivity contribution is 5.72. The number of methoxy groups -OCH3 is 2. The van der Waals surface area contributed by atoms with E-state index in [2.05, 4.69) is 48.6 Å². The van der Waals surface area contributed by atoms with E-state index in [1.54, 1.807) is 14.2 Å². The van der Waals surface area contributed by atoms with Crippen molar-refractivity contribution < 1.29 is 9.47 Å². The fourth-order valence-corrected chi connectivity index (χ4v) is 3.99. The van der Waals surface area contributed by atoms with Gasteiger partial charge in [-0.25, -0.2) is 4.98 Å². The maximum atomic E-state index is 5.48. The van der Waals surface area contributed by atoms with Gasteiger partial charge in [0.1, 0.15) is 5.82 Å². The van der Waals surface area contributed by atoms with Crippen LogP contribution in [-0.4, -0.2) is 28.8 Å². The summed E-state index contributed by atoms with van der Waals surface area (Å²) in [5, 5.41) is 8.45. The van der Waals surface area contributed by atoms with Gasteiger partial charge in [-0.2, -0.15) is 9.61 Å². The number of benzene rings is 3. The summed E-state index contributed by atoms with van der Waals surface area (Å²) in [5.74, 6) is 2.21. The summed E-state index contributed by atoms with van der Waals surface area (Å²) in [5.41, 5.74) is 6.92. The van der Waals surface area contributed by atoms with Gasteiger partial charge in [0.2, 0.25) is 0 Å². The summed E-state index contributed by atoms with van der Waals surface area (Å²) in [7, 11) is 3.26. The van der Waals surface area contributed by atoms with Crippen molar-refractivity contribution in [3.63, 3.8) is 0 Å². The number of fused-ring (bicyclic) bond motifs is 1. The van der Waals surface area contributed by atoms with Crippen molar-refractivity contribution in [1.29, 1.82) is 0 Å². The van der Waals surface area contributed by atoms with Crippen LogP contribution in [0.1, 0.15) is 11.1 Å². The summed E-state index contributed by atoms with van der Waals surface area (Å²) in [6, 6.07) is 28.4. The number of aryl methyl sites for hydroxylation is 1. The molecule has 0 atom stereocenters. The molecule has 3 aromatic carbocycles. The van der Waals surface area contributed by atoms with Crippen LogP contribution in [0, 0.1) is 6.92 Å². The van der Waals surface area contributed by atoms with E-state index < -0.39 is 0 Å². The second-order valence-electron chi connectivity index (χ2n) is 8.04. The van der Waals surface area contributed by atoms with Crippen LogP contribution in [0.2, 0.25) is 0 Å². The number of anilines is 1. The van der Waals surface area contributed by atoms with E-state index in [9.17, 15) is 0 Å². The molecule has 2 heterocycles. The first-order valence-electron chi connectivity index (χ1n) is 11.1. The van der Waals surface area contributed by atoms with E-state index in [-0.39, 0.29) is 0 Å². The van der Waals surface area contributed by atoms with E-state index in [0.29, 0.717) is 18.0 Å². The van der Waals surface area contributed by atoms with Gasteiger partial charge in [0.15, 0.2) is 17.1 Å². The second kappa shape index (κ2) is 9.27. The Kier molecular flexibility index (Phi) is 5.87. The molecule has 0 bridgehead atoms. The lowest BCUT2D eigenvalue weighted by molar-refractivity contribution is 0.355. The fourth-order valence-electron chi connectivity index (χ4n) is 3.99. The first-order valence-corrected chi connectivity index (χ1v) is 11.1. The molecule has 34 heavy (non-hydrogen) atoms. The van der Waals surface area contributed by atoms with Gasteiger partial charge in [0, 0.05) is 29.8 Å². The van der Waals surface area contributed by atoms with Crippen molar-refractivity contribution in [2.45, 2.75) is 13.5 Å². The Hall–Kier alpha value is -4.32. The summed E-state index contributed by atoms with van der Waals surface area (Å²) < 4.78 is 12.7. The van der Waals surface area contributed by atoms with Crippen molar-refractivity contribution in [3.8, 4) is 34.0 Å². The third kappa shape index (κ3) is 4.18. The number of rotatable bonds is 7. The van der Waals surface area contributed by atoms with E-state index in [1.807, 2.05) is 53.0 Å². The number of nitrogens with one attached hydrogen (secondary N) is 1. The zero-order valence-corrected chi connectivity index (χ0v) is 19.4. The normalized spacial score (nSPS) is 10.9. The van der Waals surface area contributed by atoms with E-state index in [1.165, 1.54) is 11.1 Å². The van der Waals surface area contributed by atoms with Gasteiger partial charge >= 0.3 is 0 Å². The minimum absolute atomic E-state index is 0.660. The number of hydrogen-bond donors (Lipinski definition) is 1. The van der Waals surface area contributed by atoms with E-state index in [0.717, 1.165) is 34.0 Å². The predicted molar refractivity (Wildman–Crippen MR) is 135 cm³/mol. The molecule has 0 fully saturated rings. The molecule has 0 saturated heterocycles. The zero-order chi connectivity index (χ0) is 23.5. The monoisotopic (exact) mass is 450 g/mol. The van der Waals surface area contributed by atoms with Crippen LogP contribution in [0.5, 0.6) is 11.5 Å². The minimum Gasteiger partial charge on any atom is -0.493 e. The van der Waals surface area contributed by atoms with Crippen LogP contribution in [0.4, 0.5) is 5.82 Å². The maximum absolute atomic E-state index is 5.48. The van der Waals surface area contributed by atoms with Crippen LogP contribution >= 0.6 is 0 Å². The lowest BCUT2D eigenvalue weighted by Gasteiger charge is -2.12. The molecule has 0 unspecified atom stereocenters. The molecular formula is C28H26N4O2. The molecule has 1 N–H and O–H groups in total. The largest absolute Gasteiger partial charge is 0.493 e. The SMILES string of the molecule is COc1ccc(-c2cc3nc(-c4ccccc4)cc(NCc4ccccc4C)n3n2)cc1OC. The van der Waals surface area contributed by atoms with Crippen LogP contribution in [-0.2, 0) is 6.54 Å². The molecule has 2 aromatic heterocycles. The topological polar surface area (TPSA) is 60.7 Å². The molecule has 0 radical (unpaired) electrons. The first kappa shape index (κ1) is 21.5. The Morgan fingerprint density at radius 2 is 1.53 bits per heavy atom. The number of nitrogens with zero attached hydrogens (tertiary/aromatic N) is 3. The smallest absolute Gasteiger partial charge is 0.161 e. The van der Waals surface area contributed by atoms with Gasteiger partial charge < -0.3 is 14.8 Å². The molecule has 0 saturated carbocycles. The van der Waals surface area contributed by atoms with Gasteiger partial charge in [0.25, 0.3) is 0 Å².